The quantitative estimate of drug-likeness (QED) is 0.531. The normalized spacial score (nSPS) is 11.1. The van der Waals surface area contributed by atoms with Gasteiger partial charge in [-0.1, -0.05) is 32.4 Å². The Balaban J connectivity index is 1.81. The molecule has 0 atom stereocenters. The minimum Gasteiger partial charge on any atom is -0.497 e. The summed E-state index contributed by atoms with van der Waals surface area (Å²) in [6.07, 6.45) is 0. The average molecular weight is 485 g/mol. The van der Waals surface area contributed by atoms with Crippen LogP contribution in [0.5, 0.6) is 11.5 Å². The highest BCUT2D eigenvalue weighted by Gasteiger charge is 2.23. The number of nitrogens with zero attached hydrogens (tertiary/aromatic N) is 3. The van der Waals surface area contributed by atoms with E-state index in [2.05, 4.69) is 10.4 Å². The van der Waals surface area contributed by atoms with Crippen LogP contribution < -0.4 is 14.8 Å². The van der Waals surface area contributed by atoms with Gasteiger partial charge in [0.15, 0.2) is 0 Å². The summed E-state index contributed by atoms with van der Waals surface area (Å²) in [7, 11) is 4.58. The second-order valence-electron chi connectivity index (χ2n) is 8.86. The number of nitrogens with one attached hydrogen (secondary N) is 1. The molecule has 9 heteroatoms. The molecule has 180 valence electrons. The third-order valence-corrected chi connectivity index (χ3v) is 5.39. The number of aromatic nitrogens is 2. The maximum absolute atomic E-state index is 12.9. The summed E-state index contributed by atoms with van der Waals surface area (Å²) in [5.41, 5.74) is 1.69. The van der Waals surface area contributed by atoms with Crippen molar-refractivity contribution in [3.05, 3.63) is 64.8 Å². The molecule has 8 nitrogen and oxygen atoms in total. The van der Waals surface area contributed by atoms with Gasteiger partial charge in [0.05, 0.1) is 32.1 Å². The van der Waals surface area contributed by atoms with E-state index in [1.807, 2.05) is 39.0 Å². The van der Waals surface area contributed by atoms with Gasteiger partial charge < -0.3 is 19.7 Å². The third kappa shape index (κ3) is 5.88. The third-order valence-electron chi connectivity index (χ3n) is 5.14. The summed E-state index contributed by atoms with van der Waals surface area (Å²) in [5, 5.41) is 8.17. The lowest BCUT2D eigenvalue weighted by molar-refractivity contribution is -0.116. The van der Waals surface area contributed by atoms with Crippen LogP contribution in [0.4, 0.5) is 5.82 Å². The van der Waals surface area contributed by atoms with Crippen molar-refractivity contribution in [1.29, 1.82) is 0 Å². The number of amides is 2. The highest BCUT2D eigenvalue weighted by atomic mass is 35.5. The number of carbonyl (C=O) groups is 2. The van der Waals surface area contributed by atoms with Gasteiger partial charge in [-0.25, -0.2) is 4.68 Å². The first-order valence-corrected chi connectivity index (χ1v) is 11.0. The van der Waals surface area contributed by atoms with E-state index in [9.17, 15) is 9.59 Å². The van der Waals surface area contributed by atoms with Crippen molar-refractivity contribution in [1.82, 2.24) is 14.7 Å². The van der Waals surface area contributed by atoms with Crippen molar-refractivity contribution >= 4 is 29.2 Å². The Morgan fingerprint density at radius 3 is 2.15 bits per heavy atom. The van der Waals surface area contributed by atoms with E-state index >= 15 is 0 Å². The number of hydrogen-bond acceptors (Lipinski definition) is 5. The van der Waals surface area contributed by atoms with Crippen LogP contribution in [-0.2, 0) is 10.2 Å². The van der Waals surface area contributed by atoms with Gasteiger partial charge in [0, 0.05) is 35.2 Å². The van der Waals surface area contributed by atoms with Crippen molar-refractivity contribution in [3.8, 4) is 17.2 Å². The van der Waals surface area contributed by atoms with Crippen LogP contribution in [0, 0.1) is 0 Å². The molecule has 3 rings (SSSR count). The number of rotatable bonds is 7. The number of halogens is 1. The molecular weight excluding hydrogens is 456 g/mol. The minimum atomic E-state index is -0.360. The number of anilines is 1. The first kappa shape index (κ1) is 25.1. The van der Waals surface area contributed by atoms with Crippen LogP contribution in [0.3, 0.4) is 0 Å². The topological polar surface area (TPSA) is 85.7 Å². The summed E-state index contributed by atoms with van der Waals surface area (Å²) in [4.78, 5) is 27.1. The highest BCUT2D eigenvalue weighted by molar-refractivity contribution is 6.30. The molecule has 2 aromatic carbocycles. The van der Waals surface area contributed by atoms with E-state index in [0.717, 1.165) is 11.4 Å². The molecule has 1 aromatic heterocycles. The number of hydrogen-bond donors (Lipinski definition) is 1. The van der Waals surface area contributed by atoms with E-state index in [1.165, 1.54) is 19.1 Å². The van der Waals surface area contributed by atoms with Crippen molar-refractivity contribution < 1.29 is 19.1 Å². The SMILES string of the molecule is COc1cc(OC)cc(C(=O)N(C)CC(=O)Nc2cc(C(C)(C)C)nn2-c2ccc(Cl)cc2)c1. The molecule has 0 fully saturated rings. The van der Waals surface area contributed by atoms with Gasteiger partial charge in [0.25, 0.3) is 5.91 Å². The molecule has 0 saturated carbocycles. The summed E-state index contributed by atoms with van der Waals surface area (Å²) < 4.78 is 12.1. The smallest absolute Gasteiger partial charge is 0.254 e. The van der Waals surface area contributed by atoms with E-state index < -0.39 is 0 Å². The predicted molar refractivity (Wildman–Crippen MR) is 132 cm³/mol. The van der Waals surface area contributed by atoms with E-state index in [-0.39, 0.29) is 23.8 Å². The van der Waals surface area contributed by atoms with Crippen LogP contribution in [-0.4, -0.2) is 54.3 Å². The number of ether oxygens (including phenoxy) is 2. The first-order valence-electron chi connectivity index (χ1n) is 10.7. The summed E-state index contributed by atoms with van der Waals surface area (Å²) in [6, 6.07) is 13.9. The van der Waals surface area contributed by atoms with E-state index in [1.54, 1.807) is 42.1 Å². The maximum Gasteiger partial charge on any atom is 0.254 e. The molecule has 0 radical (unpaired) electrons. The summed E-state index contributed by atoms with van der Waals surface area (Å²) >= 11 is 6.02. The molecule has 0 saturated heterocycles. The fourth-order valence-electron chi connectivity index (χ4n) is 3.24. The molecule has 0 aliphatic rings. The van der Waals surface area contributed by atoms with Gasteiger partial charge >= 0.3 is 0 Å². The molecule has 0 bridgehead atoms. The van der Waals surface area contributed by atoms with Crippen molar-refractivity contribution in [3.63, 3.8) is 0 Å². The lowest BCUT2D eigenvalue weighted by Crippen LogP contribution is -2.35. The van der Waals surface area contributed by atoms with Gasteiger partial charge in [-0.15, -0.1) is 0 Å². The van der Waals surface area contributed by atoms with E-state index in [4.69, 9.17) is 21.1 Å². The molecule has 1 heterocycles. The van der Waals surface area contributed by atoms with Crippen LogP contribution in [0.2, 0.25) is 5.02 Å². The Morgan fingerprint density at radius 1 is 1.03 bits per heavy atom. The molecule has 0 aliphatic carbocycles. The number of carbonyl (C=O) groups excluding carboxylic acids is 2. The van der Waals surface area contributed by atoms with Gasteiger partial charge in [-0.2, -0.15) is 5.10 Å². The second-order valence-corrected chi connectivity index (χ2v) is 9.30. The summed E-state index contributed by atoms with van der Waals surface area (Å²) in [5.74, 6) is 0.778. The van der Waals surface area contributed by atoms with Crippen LogP contribution in [0.25, 0.3) is 5.69 Å². The Labute approximate surface area is 204 Å². The fourth-order valence-corrected chi connectivity index (χ4v) is 3.36. The van der Waals surface area contributed by atoms with Gasteiger partial charge in [-0.05, 0) is 36.4 Å². The first-order chi connectivity index (χ1) is 16.0. The molecule has 0 aliphatic heterocycles. The van der Waals surface area contributed by atoms with Crippen molar-refractivity contribution in [2.45, 2.75) is 26.2 Å². The zero-order valence-electron chi connectivity index (χ0n) is 20.2. The van der Waals surface area contributed by atoms with Crippen molar-refractivity contribution in [2.75, 3.05) is 33.1 Å². The minimum absolute atomic E-state index is 0.158. The standard InChI is InChI=1S/C25H29ClN4O4/c1-25(2,3)21-14-22(30(28-21)18-9-7-17(26)8-10-18)27-23(31)15-29(4)24(32)16-11-19(33-5)13-20(12-16)34-6/h7-14H,15H2,1-6H3,(H,27,31). The zero-order chi connectivity index (χ0) is 25.0. The molecule has 2 amide bonds. The second kappa shape index (κ2) is 10.2. The largest absolute Gasteiger partial charge is 0.497 e. The van der Waals surface area contributed by atoms with Gasteiger partial charge in [0.1, 0.15) is 17.3 Å². The zero-order valence-corrected chi connectivity index (χ0v) is 20.9. The molecule has 0 unspecified atom stereocenters. The lowest BCUT2D eigenvalue weighted by atomic mass is 9.92. The molecule has 1 N–H and O–H groups in total. The number of likely N-dealkylation sites (N-methyl/N-ethyl adjacent to an activating group) is 1. The predicted octanol–water partition coefficient (Wildman–Crippen LogP) is 4.55. The Kier molecular flexibility index (Phi) is 7.51. The number of benzene rings is 2. The van der Waals surface area contributed by atoms with Gasteiger partial charge in [-0.3, -0.25) is 9.59 Å². The molecular formula is C25H29ClN4O4. The van der Waals surface area contributed by atoms with Crippen LogP contribution >= 0.6 is 11.6 Å². The van der Waals surface area contributed by atoms with Gasteiger partial charge in [0.2, 0.25) is 5.91 Å². The summed E-state index contributed by atoms with van der Waals surface area (Å²) in [6.45, 7) is 5.97. The monoisotopic (exact) mass is 484 g/mol. The number of methoxy groups -OCH3 is 2. The maximum atomic E-state index is 12.9. The molecule has 0 spiro atoms. The van der Waals surface area contributed by atoms with Crippen molar-refractivity contribution in [2.24, 2.45) is 0 Å². The lowest BCUT2D eigenvalue weighted by Gasteiger charge is -2.18. The molecule has 34 heavy (non-hydrogen) atoms. The molecule has 3 aromatic rings. The fraction of sp³-hybridized carbons (Fsp3) is 0.320. The Hall–Kier alpha value is -3.52. The average Bonchev–Trinajstić information content (AvgIpc) is 3.22. The van der Waals surface area contributed by atoms with E-state index in [0.29, 0.717) is 27.9 Å². The van der Waals surface area contributed by atoms with Crippen LogP contribution in [0.1, 0.15) is 36.8 Å². The Bertz CT molecular complexity index is 1160. The van der Waals surface area contributed by atoms with Crippen LogP contribution in [0.15, 0.2) is 48.5 Å². The Morgan fingerprint density at radius 2 is 1.62 bits per heavy atom. The highest BCUT2D eigenvalue weighted by Crippen LogP contribution is 2.27.